The number of hydrogen-bond donors (Lipinski definition) is 2. The first-order chi connectivity index (χ1) is 17.1. The van der Waals surface area contributed by atoms with Gasteiger partial charge in [0, 0.05) is 29.4 Å². The zero-order valence-electron chi connectivity index (χ0n) is 20.5. The molecule has 1 aromatic heterocycles. The van der Waals surface area contributed by atoms with E-state index in [1.165, 1.54) is 12.5 Å². The van der Waals surface area contributed by atoms with Gasteiger partial charge in [0.05, 0.1) is 23.7 Å². The number of anilines is 1. The van der Waals surface area contributed by atoms with E-state index in [0.717, 1.165) is 25.7 Å². The molecule has 2 aliphatic rings. The summed E-state index contributed by atoms with van der Waals surface area (Å²) in [6, 6.07) is 5.89. The lowest BCUT2D eigenvalue weighted by molar-refractivity contribution is -0.134. The number of hydrogen-bond acceptors (Lipinski definition) is 5. The van der Waals surface area contributed by atoms with Crippen LogP contribution >= 0.6 is 23.2 Å². The summed E-state index contributed by atoms with van der Waals surface area (Å²) in [6.07, 6.45) is 9.23. The van der Waals surface area contributed by atoms with Crippen LogP contribution in [-0.4, -0.2) is 49.8 Å². The van der Waals surface area contributed by atoms with Gasteiger partial charge in [0.1, 0.15) is 17.6 Å². The number of rotatable bonds is 9. The fourth-order valence-corrected chi connectivity index (χ4v) is 5.09. The number of aliphatic hydroxyl groups is 1. The first-order valence-corrected chi connectivity index (χ1v) is 13.0. The van der Waals surface area contributed by atoms with Crippen LogP contribution in [0.3, 0.4) is 0 Å². The van der Waals surface area contributed by atoms with Crippen molar-refractivity contribution < 1.29 is 19.4 Å². The molecular weight excluding hydrogens is 503 g/mol. The largest absolute Gasteiger partial charge is 0.458 e. The summed E-state index contributed by atoms with van der Waals surface area (Å²) in [5.41, 5.74) is -0.938. The Balaban J connectivity index is 1.48. The molecule has 0 radical (unpaired) electrons. The summed E-state index contributed by atoms with van der Waals surface area (Å²) in [5.74, 6) is 0.919. The van der Waals surface area contributed by atoms with Crippen molar-refractivity contribution in [3.8, 4) is 5.75 Å². The fraction of sp³-hybridized carbons (Fsp3) is 0.500. The molecule has 1 fully saturated rings. The topological polar surface area (TPSA) is 96.7 Å². The number of benzene rings is 1. The quantitative estimate of drug-likeness (QED) is 0.469. The number of nitrogens with zero attached hydrogens (tertiary/aromatic N) is 3. The molecule has 0 bridgehead atoms. The third-order valence-electron chi connectivity index (χ3n) is 6.43. The van der Waals surface area contributed by atoms with Gasteiger partial charge in [0.2, 0.25) is 5.91 Å². The second-order valence-electron chi connectivity index (χ2n) is 10.2. The molecule has 10 heteroatoms. The highest BCUT2D eigenvalue weighted by atomic mass is 35.5. The van der Waals surface area contributed by atoms with Crippen LogP contribution in [0.4, 0.5) is 5.82 Å². The Kier molecular flexibility index (Phi) is 8.27. The molecule has 1 atom stereocenters. The number of halogens is 2. The summed E-state index contributed by atoms with van der Waals surface area (Å²) in [6.45, 7) is 3.82. The highest BCUT2D eigenvalue weighted by molar-refractivity contribution is 6.34. The van der Waals surface area contributed by atoms with Crippen LogP contribution in [0.1, 0.15) is 52.4 Å². The second-order valence-corrected chi connectivity index (χ2v) is 11.1. The monoisotopic (exact) mass is 534 g/mol. The number of carbonyl (C=O) groups excluding carboxylic acids is 2. The van der Waals surface area contributed by atoms with Crippen LogP contribution in [0.25, 0.3) is 0 Å². The molecule has 194 valence electrons. The van der Waals surface area contributed by atoms with Crippen LogP contribution in [0.5, 0.6) is 5.75 Å². The van der Waals surface area contributed by atoms with Gasteiger partial charge in [-0.15, -0.1) is 0 Å². The number of amides is 2. The zero-order chi connectivity index (χ0) is 25.9. The maximum absolute atomic E-state index is 13.5. The van der Waals surface area contributed by atoms with E-state index in [2.05, 4.69) is 10.4 Å². The third kappa shape index (κ3) is 7.02. The minimum Gasteiger partial charge on any atom is -0.458 e. The summed E-state index contributed by atoms with van der Waals surface area (Å²) in [7, 11) is 0. The molecule has 1 aromatic carbocycles. The van der Waals surface area contributed by atoms with Gasteiger partial charge in [-0.25, -0.2) is 0 Å². The molecule has 8 nitrogen and oxygen atoms in total. The van der Waals surface area contributed by atoms with Crippen LogP contribution in [0.15, 0.2) is 42.3 Å². The van der Waals surface area contributed by atoms with Crippen molar-refractivity contribution in [2.24, 2.45) is 5.92 Å². The Hall–Kier alpha value is -2.55. The Labute approximate surface area is 221 Å². The average molecular weight is 535 g/mol. The lowest BCUT2D eigenvalue weighted by atomic mass is 9.84. The number of carbonyl (C=O) groups is 2. The molecule has 1 aliphatic carbocycles. The van der Waals surface area contributed by atoms with Crippen molar-refractivity contribution >= 4 is 40.8 Å². The SMILES string of the molecule is CC(C)(O)Cn1ccc(NC(=O)C(CC2CCCCC2)N2CC(Oc3cc(Cl)ccc3Cl)=CC2=O)n1. The van der Waals surface area contributed by atoms with E-state index in [4.69, 9.17) is 27.9 Å². The molecular formula is C26H32Cl2N4O4. The van der Waals surface area contributed by atoms with E-state index in [1.807, 2.05) is 0 Å². The Morgan fingerprint density at radius 1 is 1.25 bits per heavy atom. The normalized spacial score (nSPS) is 17.8. The minimum atomic E-state index is -0.938. The molecule has 2 amide bonds. The molecule has 2 N–H and O–H groups in total. The minimum absolute atomic E-state index is 0.152. The van der Waals surface area contributed by atoms with Gasteiger partial charge < -0.3 is 20.1 Å². The van der Waals surface area contributed by atoms with E-state index in [0.29, 0.717) is 39.7 Å². The van der Waals surface area contributed by atoms with Crippen molar-refractivity contribution in [1.82, 2.24) is 14.7 Å². The summed E-state index contributed by atoms with van der Waals surface area (Å²) >= 11 is 12.3. The van der Waals surface area contributed by atoms with Gasteiger partial charge in [-0.3, -0.25) is 14.3 Å². The number of ether oxygens (including phenoxy) is 1. The first kappa shape index (κ1) is 26.5. The standard InChI is InChI=1S/C26H32Cl2N4O4/c1-26(2,35)16-31-11-10-23(30-31)29-25(34)21(12-17-6-4-3-5-7-17)32-15-19(14-24(32)33)36-22-13-18(27)8-9-20(22)28/h8-11,13-14,17,21,35H,3-7,12,15-16H2,1-2H3,(H,29,30,34). The molecule has 36 heavy (non-hydrogen) atoms. The molecule has 0 saturated heterocycles. The first-order valence-electron chi connectivity index (χ1n) is 12.3. The molecule has 0 spiro atoms. The van der Waals surface area contributed by atoms with Gasteiger partial charge in [-0.05, 0) is 38.3 Å². The maximum Gasteiger partial charge on any atom is 0.251 e. The van der Waals surface area contributed by atoms with Gasteiger partial charge >= 0.3 is 0 Å². The van der Waals surface area contributed by atoms with Crippen LogP contribution in [0, 0.1) is 5.92 Å². The average Bonchev–Trinajstić information content (AvgIpc) is 3.39. The van der Waals surface area contributed by atoms with E-state index < -0.39 is 11.6 Å². The number of aromatic nitrogens is 2. The van der Waals surface area contributed by atoms with Crippen molar-refractivity contribution in [1.29, 1.82) is 0 Å². The van der Waals surface area contributed by atoms with Crippen LogP contribution < -0.4 is 10.1 Å². The molecule has 1 unspecified atom stereocenters. The predicted molar refractivity (Wildman–Crippen MR) is 139 cm³/mol. The van der Waals surface area contributed by atoms with Gasteiger partial charge in [0.15, 0.2) is 5.82 Å². The van der Waals surface area contributed by atoms with E-state index in [-0.39, 0.29) is 24.9 Å². The second kappa shape index (κ2) is 11.2. The van der Waals surface area contributed by atoms with E-state index in [9.17, 15) is 14.7 Å². The number of nitrogens with one attached hydrogen (secondary N) is 1. The lowest BCUT2D eigenvalue weighted by Crippen LogP contribution is -2.46. The summed E-state index contributed by atoms with van der Waals surface area (Å²) < 4.78 is 7.47. The van der Waals surface area contributed by atoms with Gasteiger partial charge in [0.25, 0.3) is 5.91 Å². The lowest BCUT2D eigenvalue weighted by Gasteiger charge is -2.31. The van der Waals surface area contributed by atoms with E-state index in [1.54, 1.807) is 53.9 Å². The zero-order valence-corrected chi connectivity index (χ0v) is 22.1. The Bertz CT molecular complexity index is 1140. The predicted octanol–water partition coefficient (Wildman–Crippen LogP) is 5.04. The Morgan fingerprint density at radius 2 is 2.00 bits per heavy atom. The molecule has 1 saturated carbocycles. The molecule has 4 rings (SSSR count). The smallest absolute Gasteiger partial charge is 0.251 e. The highest BCUT2D eigenvalue weighted by Crippen LogP contribution is 2.33. The molecule has 1 aliphatic heterocycles. The third-order valence-corrected chi connectivity index (χ3v) is 6.98. The highest BCUT2D eigenvalue weighted by Gasteiger charge is 2.36. The summed E-state index contributed by atoms with van der Waals surface area (Å²) in [4.78, 5) is 28.0. The van der Waals surface area contributed by atoms with Gasteiger partial charge in [-0.2, -0.15) is 5.10 Å². The summed E-state index contributed by atoms with van der Waals surface area (Å²) in [5, 5.41) is 18.1. The molecule has 2 heterocycles. The van der Waals surface area contributed by atoms with Crippen molar-refractivity contribution in [3.63, 3.8) is 0 Å². The Morgan fingerprint density at radius 3 is 2.72 bits per heavy atom. The van der Waals surface area contributed by atoms with Crippen molar-refractivity contribution in [2.45, 2.75) is 70.6 Å². The van der Waals surface area contributed by atoms with E-state index >= 15 is 0 Å². The van der Waals surface area contributed by atoms with Crippen molar-refractivity contribution in [3.05, 3.63) is 52.3 Å². The van der Waals surface area contributed by atoms with Crippen molar-refractivity contribution in [2.75, 3.05) is 11.9 Å². The fourth-order valence-electron chi connectivity index (χ4n) is 4.77. The van der Waals surface area contributed by atoms with Gasteiger partial charge in [-0.1, -0.05) is 55.3 Å². The molecule has 2 aromatic rings. The van der Waals surface area contributed by atoms with Crippen LogP contribution in [-0.2, 0) is 16.1 Å². The van der Waals surface area contributed by atoms with Crippen LogP contribution in [0.2, 0.25) is 10.0 Å². The maximum atomic E-state index is 13.5.